The van der Waals surface area contributed by atoms with E-state index >= 15 is 0 Å². The number of carbonyl (C=O) groups is 5. The Morgan fingerprint density at radius 1 is 0.800 bits per heavy atom. The minimum Gasteiger partial charge on any atom is -0.481 e. The van der Waals surface area contributed by atoms with E-state index in [1.54, 1.807) is 0 Å². The standard InChI is InChI=1S/C12H20N4O9/c13-5(3-17)10(23)16-7(4-18)12(25)15-6(1-8(19)20)11(24)14-2-9(21)22/h5-7,17-18H,1-4,13H2,(H,14,24)(H,15,25)(H,16,23)(H,19,20)(H,21,22). The second kappa shape index (κ2) is 10.9. The molecule has 0 heterocycles. The summed E-state index contributed by atoms with van der Waals surface area (Å²) < 4.78 is 0. The van der Waals surface area contributed by atoms with Crippen molar-refractivity contribution in [3.63, 3.8) is 0 Å². The minimum absolute atomic E-state index is 0.717. The van der Waals surface area contributed by atoms with E-state index in [4.69, 9.17) is 26.2 Å². The van der Waals surface area contributed by atoms with Gasteiger partial charge in [0.1, 0.15) is 24.7 Å². The first-order chi connectivity index (χ1) is 11.6. The van der Waals surface area contributed by atoms with Gasteiger partial charge in [0.05, 0.1) is 19.6 Å². The van der Waals surface area contributed by atoms with E-state index in [0.29, 0.717) is 0 Å². The zero-order valence-corrected chi connectivity index (χ0v) is 13.0. The number of aliphatic hydroxyl groups excluding tert-OH is 2. The van der Waals surface area contributed by atoms with E-state index in [9.17, 15) is 24.0 Å². The van der Waals surface area contributed by atoms with Crippen LogP contribution in [0.25, 0.3) is 0 Å². The smallest absolute Gasteiger partial charge is 0.322 e. The lowest BCUT2D eigenvalue weighted by Gasteiger charge is -2.21. The van der Waals surface area contributed by atoms with Gasteiger partial charge in [-0.15, -0.1) is 0 Å². The van der Waals surface area contributed by atoms with Gasteiger partial charge in [0.25, 0.3) is 0 Å². The predicted octanol–water partition coefficient (Wildman–Crippen LogP) is -5.06. The van der Waals surface area contributed by atoms with Gasteiger partial charge in [0.2, 0.25) is 17.7 Å². The van der Waals surface area contributed by atoms with E-state index in [1.807, 2.05) is 16.0 Å². The number of carboxylic acids is 2. The van der Waals surface area contributed by atoms with Crippen LogP contribution in [-0.4, -0.2) is 88.0 Å². The maximum absolute atomic E-state index is 12.0. The van der Waals surface area contributed by atoms with Crippen molar-refractivity contribution < 1.29 is 44.4 Å². The van der Waals surface area contributed by atoms with E-state index in [-0.39, 0.29) is 0 Å². The number of amides is 3. The first kappa shape index (κ1) is 22.2. The van der Waals surface area contributed by atoms with Crippen molar-refractivity contribution in [1.82, 2.24) is 16.0 Å². The van der Waals surface area contributed by atoms with Crippen molar-refractivity contribution in [2.45, 2.75) is 24.5 Å². The Kier molecular flexibility index (Phi) is 9.69. The molecule has 13 heteroatoms. The number of nitrogens with one attached hydrogen (secondary N) is 3. The number of aliphatic hydroxyl groups is 2. The Balaban J connectivity index is 4.96. The molecule has 25 heavy (non-hydrogen) atoms. The maximum atomic E-state index is 12.0. The van der Waals surface area contributed by atoms with Gasteiger partial charge in [-0.3, -0.25) is 24.0 Å². The molecular weight excluding hydrogens is 344 g/mol. The van der Waals surface area contributed by atoms with Crippen LogP contribution < -0.4 is 21.7 Å². The van der Waals surface area contributed by atoms with Gasteiger partial charge in [0, 0.05) is 0 Å². The number of carboxylic acid groups (broad SMARTS) is 2. The van der Waals surface area contributed by atoms with Crippen LogP contribution in [0.5, 0.6) is 0 Å². The summed E-state index contributed by atoms with van der Waals surface area (Å²) in [6.07, 6.45) is -0.862. The fourth-order valence-corrected chi connectivity index (χ4v) is 1.50. The number of rotatable bonds is 11. The second-order valence-electron chi connectivity index (χ2n) is 4.80. The third-order valence-corrected chi connectivity index (χ3v) is 2.77. The van der Waals surface area contributed by atoms with Gasteiger partial charge >= 0.3 is 11.9 Å². The molecule has 0 aromatic carbocycles. The molecule has 0 radical (unpaired) electrons. The van der Waals surface area contributed by atoms with Gasteiger partial charge in [-0.1, -0.05) is 0 Å². The van der Waals surface area contributed by atoms with Crippen LogP contribution in [-0.2, 0) is 24.0 Å². The molecular formula is C12H20N4O9. The van der Waals surface area contributed by atoms with Crippen molar-refractivity contribution in [2.75, 3.05) is 19.8 Å². The van der Waals surface area contributed by atoms with Crippen LogP contribution in [0, 0.1) is 0 Å². The number of aliphatic carboxylic acids is 2. The highest BCUT2D eigenvalue weighted by Crippen LogP contribution is 1.96. The highest BCUT2D eigenvalue weighted by molar-refractivity contribution is 5.95. The Morgan fingerprint density at radius 2 is 1.36 bits per heavy atom. The van der Waals surface area contributed by atoms with Gasteiger partial charge < -0.3 is 42.1 Å². The van der Waals surface area contributed by atoms with Crippen LogP contribution in [0.3, 0.4) is 0 Å². The first-order valence-corrected chi connectivity index (χ1v) is 6.91. The summed E-state index contributed by atoms with van der Waals surface area (Å²) >= 11 is 0. The number of carbonyl (C=O) groups excluding carboxylic acids is 3. The zero-order chi connectivity index (χ0) is 19.6. The number of nitrogens with two attached hydrogens (primary N) is 1. The Labute approximate surface area is 141 Å². The molecule has 0 bridgehead atoms. The van der Waals surface area contributed by atoms with Gasteiger partial charge in [-0.2, -0.15) is 0 Å². The van der Waals surface area contributed by atoms with Crippen molar-refractivity contribution >= 4 is 29.7 Å². The lowest BCUT2D eigenvalue weighted by Crippen LogP contribution is -2.57. The summed E-state index contributed by atoms with van der Waals surface area (Å²) in [5, 5.41) is 41.0. The molecule has 0 aromatic rings. The molecule has 3 atom stereocenters. The summed E-state index contributed by atoms with van der Waals surface area (Å²) in [7, 11) is 0. The molecule has 3 amide bonds. The topological polar surface area (TPSA) is 228 Å². The van der Waals surface area contributed by atoms with Gasteiger partial charge in [0.15, 0.2) is 0 Å². The molecule has 0 rings (SSSR count). The van der Waals surface area contributed by atoms with E-state index in [2.05, 4.69) is 0 Å². The summed E-state index contributed by atoms with van der Waals surface area (Å²) in [5.41, 5.74) is 5.23. The highest BCUT2D eigenvalue weighted by atomic mass is 16.4. The second-order valence-corrected chi connectivity index (χ2v) is 4.80. The normalized spacial score (nSPS) is 13.9. The van der Waals surface area contributed by atoms with Crippen molar-refractivity contribution in [1.29, 1.82) is 0 Å². The lowest BCUT2D eigenvalue weighted by atomic mass is 10.1. The molecule has 0 spiro atoms. The van der Waals surface area contributed by atoms with Crippen molar-refractivity contribution in [2.24, 2.45) is 5.73 Å². The van der Waals surface area contributed by atoms with Crippen LogP contribution in [0.4, 0.5) is 0 Å². The molecule has 0 fully saturated rings. The molecule has 13 nitrogen and oxygen atoms in total. The zero-order valence-electron chi connectivity index (χ0n) is 13.0. The van der Waals surface area contributed by atoms with Crippen LogP contribution in [0.2, 0.25) is 0 Å². The lowest BCUT2D eigenvalue weighted by molar-refractivity contribution is -0.142. The molecule has 0 saturated heterocycles. The molecule has 0 aromatic heterocycles. The molecule has 9 N–H and O–H groups in total. The average Bonchev–Trinajstić information content (AvgIpc) is 2.54. The van der Waals surface area contributed by atoms with Crippen molar-refractivity contribution in [3.8, 4) is 0 Å². The van der Waals surface area contributed by atoms with E-state index in [1.165, 1.54) is 0 Å². The van der Waals surface area contributed by atoms with Crippen LogP contribution in [0.1, 0.15) is 6.42 Å². The molecule has 0 aliphatic heterocycles. The average molecular weight is 364 g/mol. The fraction of sp³-hybridized carbons (Fsp3) is 0.583. The monoisotopic (exact) mass is 364 g/mol. The Bertz CT molecular complexity index is 525. The maximum Gasteiger partial charge on any atom is 0.322 e. The molecule has 0 saturated carbocycles. The largest absolute Gasteiger partial charge is 0.481 e. The van der Waals surface area contributed by atoms with Crippen LogP contribution >= 0.6 is 0 Å². The predicted molar refractivity (Wildman–Crippen MR) is 78.9 cm³/mol. The molecule has 3 unspecified atom stereocenters. The summed E-state index contributed by atoms with van der Waals surface area (Å²) in [6.45, 7) is -2.41. The third kappa shape index (κ3) is 8.59. The molecule has 0 aliphatic rings. The summed E-state index contributed by atoms with van der Waals surface area (Å²) in [5.74, 6) is -5.97. The van der Waals surface area contributed by atoms with Gasteiger partial charge in [-0.25, -0.2) is 0 Å². The summed E-state index contributed by atoms with van der Waals surface area (Å²) in [4.78, 5) is 56.4. The Hall–Kier alpha value is -2.77. The summed E-state index contributed by atoms with van der Waals surface area (Å²) in [6, 6.07) is -4.55. The number of hydrogen-bond donors (Lipinski definition) is 8. The van der Waals surface area contributed by atoms with E-state index in [0.717, 1.165) is 0 Å². The third-order valence-electron chi connectivity index (χ3n) is 2.77. The van der Waals surface area contributed by atoms with Crippen LogP contribution in [0.15, 0.2) is 0 Å². The van der Waals surface area contributed by atoms with Gasteiger partial charge in [-0.05, 0) is 0 Å². The molecule has 0 aliphatic carbocycles. The number of hydrogen-bond acceptors (Lipinski definition) is 8. The van der Waals surface area contributed by atoms with E-state index < -0.39 is 74.0 Å². The minimum atomic E-state index is -1.64. The Morgan fingerprint density at radius 3 is 1.80 bits per heavy atom. The van der Waals surface area contributed by atoms with Crippen molar-refractivity contribution in [3.05, 3.63) is 0 Å². The first-order valence-electron chi connectivity index (χ1n) is 6.91. The SMILES string of the molecule is NC(CO)C(=O)NC(CO)C(=O)NC(CC(=O)O)C(=O)NCC(=O)O. The highest BCUT2D eigenvalue weighted by Gasteiger charge is 2.29. The fourth-order valence-electron chi connectivity index (χ4n) is 1.50. The molecule has 142 valence electrons. The quantitative estimate of drug-likeness (QED) is 0.174.